The van der Waals surface area contributed by atoms with E-state index >= 15 is 0 Å². The molecule has 1 aliphatic carbocycles. The highest BCUT2D eigenvalue weighted by atomic mass is 35.5. The molecule has 3 aliphatic rings. The van der Waals surface area contributed by atoms with E-state index in [1.54, 1.807) is 6.20 Å². The van der Waals surface area contributed by atoms with Crippen molar-refractivity contribution in [2.24, 2.45) is 0 Å². The van der Waals surface area contributed by atoms with E-state index < -0.39 is 10.8 Å². The summed E-state index contributed by atoms with van der Waals surface area (Å²) in [7, 11) is -1.06. The van der Waals surface area contributed by atoms with Crippen LogP contribution in [0.2, 0.25) is 5.02 Å². The second-order valence-corrected chi connectivity index (χ2v) is 10.6. The summed E-state index contributed by atoms with van der Waals surface area (Å²) in [6, 6.07) is 8.00. The van der Waals surface area contributed by atoms with Gasteiger partial charge in [-0.1, -0.05) is 11.6 Å². The lowest BCUT2D eigenvalue weighted by atomic mass is 9.76. The van der Waals surface area contributed by atoms with E-state index in [9.17, 15) is 9.32 Å². The molecule has 30 heavy (non-hydrogen) atoms. The maximum atomic E-state index is 12.6. The van der Waals surface area contributed by atoms with Crippen molar-refractivity contribution in [1.29, 1.82) is 0 Å². The van der Waals surface area contributed by atoms with Crippen molar-refractivity contribution in [3.8, 4) is 0 Å². The van der Waals surface area contributed by atoms with E-state index in [0.717, 1.165) is 66.8 Å². The normalized spacial score (nSPS) is 23.7. The minimum absolute atomic E-state index is 0.123. The first-order valence-electron chi connectivity index (χ1n) is 10.7. The lowest BCUT2D eigenvalue weighted by Crippen LogP contribution is -2.59. The Morgan fingerprint density at radius 2 is 1.90 bits per heavy atom. The molecular weight excluding hydrogens is 420 g/mol. The van der Waals surface area contributed by atoms with Gasteiger partial charge in [0, 0.05) is 48.2 Å². The molecule has 6 nitrogen and oxygen atoms in total. The van der Waals surface area contributed by atoms with Crippen molar-refractivity contribution in [3.63, 3.8) is 0 Å². The number of aliphatic hydroxyl groups is 1. The number of benzene rings is 1. The molecule has 0 bridgehead atoms. The van der Waals surface area contributed by atoms with E-state index in [4.69, 9.17) is 16.6 Å². The third-order valence-corrected chi connectivity index (χ3v) is 8.54. The van der Waals surface area contributed by atoms with Crippen molar-refractivity contribution in [1.82, 2.24) is 9.97 Å². The standard InChI is InChI=1S/C22H27ClN4O2S/c23-17-2-4-18(5-3-17)26-10-6-16(7-11-26)20-24-14-19-21(25-20)27(12-13-30(19)29)22(15-28)8-1-9-22/h2-5,14,16,28H,1,6-13,15H2/t30-/m0/s1. The van der Waals surface area contributed by atoms with Gasteiger partial charge in [0.25, 0.3) is 0 Å². The summed E-state index contributed by atoms with van der Waals surface area (Å²) in [5, 5.41) is 10.8. The molecule has 0 amide bonds. The van der Waals surface area contributed by atoms with Gasteiger partial charge in [-0.15, -0.1) is 0 Å². The van der Waals surface area contributed by atoms with Gasteiger partial charge in [-0.05, 0) is 56.4 Å². The van der Waals surface area contributed by atoms with Crippen LogP contribution in [0.4, 0.5) is 11.5 Å². The first kappa shape index (κ1) is 20.2. The van der Waals surface area contributed by atoms with Gasteiger partial charge >= 0.3 is 0 Å². The third kappa shape index (κ3) is 3.51. The van der Waals surface area contributed by atoms with E-state index in [2.05, 4.69) is 26.9 Å². The molecule has 0 unspecified atom stereocenters. The number of fused-ring (bicyclic) bond motifs is 1. The number of piperidine rings is 1. The van der Waals surface area contributed by atoms with Crippen molar-refractivity contribution >= 4 is 33.9 Å². The summed E-state index contributed by atoms with van der Waals surface area (Å²) in [6.45, 7) is 2.70. The molecule has 2 fully saturated rings. The molecule has 3 heterocycles. The van der Waals surface area contributed by atoms with Gasteiger partial charge in [0.2, 0.25) is 0 Å². The number of rotatable bonds is 4. The van der Waals surface area contributed by atoms with E-state index in [0.29, 0.717) is 18.2 Å². The van der Waals surface area contributed by atoms with Crippen LogP contribution in [0.1, 0.15) is 43.8 Å². The zero-order valence-corrected chi connectivity index (χ0v) is 18.5. The van der Waals surface area contributed by atoms with Crippen LogP contribution >= 0.6 is 11.6 Å². The Balaban J connectivity index is 1.36. The Morgan fingerprint density at radius 3 is 2.53 bits per heavy atom. The van der Waals surface area contributed by atoms with E-state index in [-0.39, 0.29) is 12.1 Å². The Kier molecular flexibility index (Phi) is 5.45. The highest BCUT2D eigenvalue weighted by molar-refractivity contribution is 7.85. The monoisotopic (exact) mass is 446 g/mol. The number of hydrogen-bond donors (Lipinski definition) is 1. The quantitative estimate of drug-likeness (QED) is 0.776. The van der Waals surface area contributed by atoms with Crippen LogP contribution < -0.4 is 9.80 Å². The number of nitrogens with zero attached hydrogens (tertiary/aromatic N) is 4. The van der Waals surface area contributed by atoms with Gasteiger partial charge in [-0.3, -0.25) is 4.21 Å². The van der Waals surface area contributed by atoms with Crippen molar-refractivity contribution in [2.75, 3.05) is 41.8 Å². The zero-order valence-electron chi connectivity index (χ0n) is 17.0. The number of aromatic nitrogens is 2. The van der Waals surface area contributed by atoms with Crippen molar-refractivity contribution < 1.29 is 9.32 Å². The molecule has 1 atom stereocenters. The topological polar surface area (TPSA) is 69.6 Å². The molecule has 0 spiro atoms. The number of anilines is 2. The summed E-state index contributed by atoms with van der Waals surface area (Å²) in [4.78, 5) is 14.9. The van der Waals surface area contributed by atoms with Crippen LogP contribution in [-0.2, 0) is 10.8 Å². The van der Waals surface area contributed by atoms with Gasteiger partial charge in [0.05, 0.1) is 27.8 Å². The summed E-state index contributed by atoms with van der Waals surface area (Å²) >= 11 is 6.01. The zero-order chi connectivity index (χ0) is 20.7. The lowest BCUT2D eigenvalue weighted by Gasteiger charge is -2.51. The minimum Gasteiger partial charge on any atom is -0.394 e. The predicted octanol–water partition coefficient (Wildman–Crippen LogP) is 3.36. The van der Waals surface area contributed by atoms with Crippen molar-refractivity contribution in [3.05, 3.63) is 41.3 Å². The molecule has 8 heteroatoms. The summed E-state index contributed by atoms with van der Waals surface area (Å²) < 4.78 is 12.6. The fourth-order valence-corrected chi connectivity index (χ4v) is 6.15. The molecule has 1 saturated carbocycles. The first-order valence-corrected chi connectivity index (χ1v) is 12.4. The summed E-state index contributed by atoms with van der Waals surface area (Å²) in [5.41, 5.74) is 0.962. The first-order chi connectivity index (χ1) is 14.6. The Bertz CT molecular complexity index is 937. The molecule has 1 aromatic carbocycles. The minimum atomic E-state index is -1.06. The molecular formula is C22H27ClN4O2S. The van der Waals surface area contributed by atoms with Crippen LogP contribution in [0, 0.1) is 0 Å². The van der Waals surface area contributed by atoms with Crippen molar-refractivity contribution in [2.45, 2.75) is 48.5 Å². The fraction of sp³-hybridized carbons (Fsp3) is 0.545. The van der Waals surface area contributed by atoms with Gasteiger partial charge in [0.15, 0.2) is 0 Å². The number of hydrogen-bond acceptors (Lipinski definition) is 6. The van der Waals surface area contributed by atoms with Gasteiger partial charge < -0.3 is 14.9 Å². The van der Waals surface area contributed by atoms with Gasteiger partial charge in [0.1, 0.15) is 11.6 Å². The van der Waals surface area contributed by atoms with Crippen LogP contribution in [0.25, 0.3) is 0 Å². The summed E-state index contributed by atoms with van der Waals surface area (Å²) in [5.74, 6) is 2.51. The van der Waals surface area contributed by atoms with E-state index in [1.165, 1.54) is 5.69 Å². The molecule has 2 aromatic rings. The molecule has 0 radical (unpaired) electrons. The maximum absolute atomic E-state index is 12.6. The fourth-order valence-electron chi connectivity index (χ4n) is 4.92. The Labute approximate surface area is 184 Å². The average molecular weight is 447 g/mol. The predicted molar refractivity (Wildman–Crippen MR) is 120 cm³/mol. The molecule has 1 N–H and O–H groups in total. The van der Waals surface area contributed by atoms with E-state index in [1.807, 2.05) is 12.1 Å². The average Bonchev–Trinajstić information content (AvgIpc) is 2.75. The number of aliphatic hydroxyl groups excluding tert-OH is 1. The lowest BCUT2D eigenvalue weighted by molar-refractivity contribution is 0.115. The highest BCUT2D eigenvalue weighted by Gasteiger charge is 2.45. The Hall–Kier alpha value is -1.70. The highest BCUT2D eigenvalue weighted by Crippen LogP contribution is 2.43. The SMILES string of the molecule is O=[S@]1CCN(C2(CO)CCC2)c2nc(C3CCN(c4ccc(Cl)cc4)CC3)ncc21. The smallest absolute Gasteiger partial charge is 0.149 e. The third-order valence-electron chi connectivity index (χ3n) is 6.96. The molecule has 5 rings (SSSR count). The number of halogens is 1. The van der Waals surface area contributed by atoms with Crippen LogP contribution in [0.15, 0.2) is 35.4 Å². The molecule has 1 saturated heterocycles. The molecule has 1 aromatic heterocycles. The van der Waals surface area contributed by atoms with Crippen LogP contribution in [0.5, 0.6) is 0 Å². The van der Waals surface area contributed by atoms with Crippen LogP contribution in [-0.4, -0.2) is 56.8 Å². The van der Waals surface area contributed by atoms with Crippen LogP contribution in [0.3, 0.4) is 0 Å². The van der Waals surface area contributed by atoms with Gasteiger partial charge in [-0.25, -0.2) is 9.97 Å². The maximum Gasteiger partial charge on any atom is 0.149 e. The summed E-state index contributed by atoms with van der Waals surface area (Å²) in [6.07, 6.45) is 6.79. The largest absolute Gasteiger partial charge is 0.394 e. The Morgan fingerprint density at radius 1 is 1.17 bits per heavy atom. The second-order valence-electron chi connectivity index (χ2n) is 8.59. The molecule has 160 valence electrons. The second kappa shape index (κ2) is 8.09. The van der Waals surface area contributed by atoms with Gasteiger partial charge in [-0.2, -0.15) is 0 Å². The molecule has 2 aliphatic heterocycles.